The highest BCUT2D eigenvalue weighted by atomic mass is 35.5. The van der Waals surface area contributed by atoms with Crippen LogP contribution in [-0.2, 0) is 6.42 Å². The van der Waals surface area contributed by atoms with Crippen LogP contribution in [0.25, 0.3) is 0 Å². The fraction of sp³-hybridized carbons (Fsp3) is 0.400. The lowest BCUT2D eigenvalue weighted by Gasteiger charge is -2.04. The van der Waals surface area contributed by atoms with Crippen molar-refractivity contribution >= 4 is 23.2 Å². The first kappa shape index (κ1) is 9.88. The Balaban J connectivity index is 2.33. The predicted molar refractivity (Wildman–Crippen MR) is 55.1 cm³/mol. The number of halogens is 2. The highest BCUT2D eigenvalue weighted by Crippen LogP contribution is 2.09. The van der Waals surface area contributed by atoms with E-state index in [4.69, 9.17) is 23.2 Å². The zero-order valence-corrected chi connectivity index (χ0v) is 8.35. The maximum absolute atomic E-state index is 5.88. The van der Waals surface area contributed by atoms with Crippen LogP contribution in [0.1, 0.15) is 12.0 Å². The second kappa shape index (κ2) is 5.45. The highest BCUT2D eigenvalue weighted by molar-refractivity contribution is 6.28. The Bertz CT molecular complexity index is 208. The largest absolute Gasteiger partial charge is 0.125 e. The van der Waals surface area contributed by atoms with Crippen LogP contribution in [0, 0.1) is 0 Å². The quantitative estimate of drug-likeness (QED) is 0.657. The van der Waals surface area contributed by atoms with Crippen molar-refractivity contribution < 1.29 is 0 Å². The van der Waals surface area contributed by atoms with Gasteiger partial charge in [-0.3, -0.25) is 0 Å². The lowest BCUT2D eigenvalue weighted by molar-refractivity contribution is 0.808. The SMILES string of the molecule is ClCC(Cl)CCc1ccccc1. The molecule has 1 aromatic carbocycles. The van der Waals surface area contributed by atoms with Crippen LogP contribution in [0.3, 0.4) is 0 Å². The van der Waals surface area contributed by atoms with E-state index in [2.05, 4.69) is 12.1 Å². The molecule has 2 heteroatoms. The lowest BCUT2D eigenvalue weighted by Crippen LogP contribution is -2.01. The minimum absolute atomic E-state index is 0.104. The number of rotatable bonds is 4. The van der Waals surface area contributed by atoms with E-state index in [0.29, 0.717) is 5.88 Å². The fourth-order valence-corrected chi connectivity index (χ4v) is 1.31. The van der Waals surface area contributed by atoms with E-state index in [1.807, 2.05) is 18.2 Å². The van der Waals surface area contributed by atoms with Crippen LogP contribution < -0.4 is 0 Å². The third kappa shape index (κ3) is 3.46. The summed E-state index contributed by atoms with van der Waals surface area (Å²) in [6, 6.07) is 10.3. The predicted octanol–water partition coefficient (Wildman–Crippen LogP) is 3.47. The van der Waals surface area contributed by atoms with Gasteiger partial charge in [-0.2, -0.15) is 0 Å². The summed E-state index contributed by atoms with van der Waals surface area (Å²) >= 11 is 11.5. The summed E-state index contributed by atoms with van der Waals surface area (Å²) in [6.45, 7) is 0. The third-order valence-corrected chi connectivity index (χ3v) is 2.66. The number of hydrogen-bond acceptors (Lipinski definition) is 0. The van der Waals surface area contributed by atoms with Gasteiger partial charge in [0.2, 0.25) is 0 Å². The summed E-state index contributed by atoms with van der Waals surface area (Å²) in [5.41, 5.74) is 1.33. The molecule has 0 heterocycles. The lowest BCUT2D eigenvalue weighted by atomic mass is 10.1. The molecule has 0 amide bonds. The Kier molecular flexibility index (Phi) is 4.49. The Morgan fingerprint density at radius 3 is 2.42 bits per heavy atom. The van der Waals surface area contributed by atoms with Crippen LogP contribution in [0.4, 0.5) is 0 Å². The monoisotopic (exact) mass is 202 g/mol. The number of benzene rings is 1. The summed E-state index contributed by atoms with van der Waals surface area (Å²) < 4.78 is 0. The Morgan fingerprint density at radius 1 is 1.17 bits per heavy atom. The molecule has 1 rings (SSSR count). The van der Waals surface area contributed by atoms with Crippen molar-refractivity contribution in [2.24, 2.45) is 0 Å². The summed E-state index contributed by atoms with van der Waals surface area (Å²) in [6.07, 6.45) is 1.97. The second-order valence-corrected chi connectivity index (χ2v) is 3.70. The average molecular weight is 203 g/mol. The average Bonchev–Trinajstić information content (AvgIpc) is 2.16. The first-order valence-corrected chi connectivity index (χ1v) is 5.04. The number of aryl methyl sites for hydroxylation is 1. The van der Waals surface area contributed by atoms with E-state index >= 15 is 0 Å². The van der Waals surface area contributed by atoms with Gasteiger partial charge in [-0.05, 0) is 18.4 Å². The highest BCUT2D eigenvalue weighted by Gasteiger charge is 2.01. The molecule has 1 atom stereocenters. The first-order chi connectivity index (χ1) is 5.83. The van der Waals surface area contributed by atoms with Gasteiger partial charge in [0.15, 0.2) is 0 Å². The van der Waals surface area contributed by atoms with E-state index in [1.54, 1.807) is 0 Å². The van der Waals surface area contributed by atoms with E-state index in [9.17, 15) is 0 Å². The molecular formula is C10H12Cl2. The van der Waals surface area contributed by atoms with Gasteiger partial charge in [0, 0.05) is 11.3 Å². The van der Waals surface area contributed by atoms with Crippen LogP contribution >= 0.6 is 23.2 Å². The minimum Gasteiger partial charge on any atom is -0.125 e. The molecule has 0 spiro atoms. The van der Waals surface area contributed by atoms with E-state index in [1.165, 1.54) is 5.56 Å². The molecule has 0 aliphatic carbocycles. The molecule has 66 valence electrons. The van der Waals surface area contributed by atoms with Crippen molar-refractivity contribution in [2.75, 3.05) is 5.88 Å². The molecule has 1 aromatic rings. The molecule has 0 N–H and O–H groups in total. The Labute approximate surface area is 83.5 Å². The van der Waals surface area contributed by atoms with Crippen molar-refractivity contribution in [3.8, 4) is 0 Å². The smallest absolute Gasteiger partial charge is 0.0474 e. The molecule has 0 aliphatic rings. The van der Waals surface area contributed by atoms with Gasteiger partial charge in [-0.15, -0.1) is 23.2 Å². The molecule has 0 aliphatic heterocycles. The normalized spacial score (nSPS) is 12.8. The van der Waals surface area contributed by atoms with Gasteiger partial charge in [0.05, 0.1) is 0 Å². The Morgan fingerprint density at radius 2 is 1.83 bits per heavy atom. The van der Waals surface area contributed by atoms with Crippen molar-refractivity contribution in [3.05, 3.63) is 35.9 Å². The second-order valence-electron chi connectivity index (χ2n) is 2.78. The van der Waals surface area contributed by atoms with Crippen molar-refractivity contribution in [2.45, 2.75) is 18.2 Å². The maximum atomic E-state index is 5.88. The zero-order valence-electron chi connectivity index (χ0n) is 6.84. The standard InChI is InChI=1S/C10H12Cl2/c11-8-10(12)7-6-9-4-2-1-3-5-9/h1-5,10H,6-8H2. The topological polar surface area (TPSA) is 0 Å². The zero-order chi connectivity index (χ0) is 8.81. The van der Waals surface area contributed by atoms with Crippen LogP contribution in [0.5, 0.6) is 0 Å². The molecular weight excluding hydrogens is 191 g/mol. The van der Waals surface area contributed by atoms with Gasteiger partial charge >= 0.3 is 0 Å². The van der Waals surface area contributed by atoms with E-state index in [-0.39, 0.29) is 5.38 Å². The van der Waals surface area contributed by atoms with E-state index in [0.717, 1.165) is 12.8 Å². The van der Waals surface area contributed by atoms with Crippen molar-refractivity contribution in [3.63, 3.8) is 0 Å². The Hall–Kier alpha value is -0.200. The minimum atomic E-state index is 0.104. The molecule has 0 aromatic heterocycles. The first-order valence-electron chi connectivity index (χ1n) is 4.07. The van der Waals surface area contributed by atoms with Crippen LogP contribution in [0.15, 0.2) is 30.3 Å². The molecule has 0 radical (unpaired) electrons. The molecule has 1 unspecified atom stereocenters. The maximum Gasteiger partial charge on any atom is 0.0474 e. The van der Waals surface area contributed by atoms with Crippen LogP contribution in [0.2, 0.25) is 0 Å². The summed E-state index contributed by atoms with van der Waals surface area (Å²) in [7, 11) is 0. The van der Waals surface area contributed by atoms with Crippen molar-refractivity contribution in [1.29, 1.82) is 0 Å². The van der Waals surface area contributed by atoms with Gasteiger partial charge < -0.3 is 0 Å². The van der Waals surface area contributed by atoms with E-state index < -0.39 is 0 Å². The molecule has 12 heavy (non-hydrogen) atoms. The fourth-order valence-electron chi connectivity index (χ4n) is 1.05. The third-order valence-electron chi connectivity index (χ3n) is 1.76. The van der Waals surface area contributed by atoms with Gasteiger partial charge in [-0.1, -0.05) is 30.3 Å². The molecule has 0 saturated carbocycles. The van der Waals surface area contributed by atoms with Crippen LogP contribution in [-0.4, -0.2) is 11.3 Å². The van der Waals surface area contributed by atoms with Gasteiger partial charge in [0.1, 0.15) is 0 Å². The number of alkyl halides is 2. The number of hydrogen-bond donors (Lipinski definition) is 0. The molecule has 0 nitrogen and oxygen atoms in total. The molecule has 0 bridgehead atoms. The van der Waals surface area contributed by atoms with Gasteiger partial charge in [-0.25, -0.2) is 0 Å². The van der Waals surface area contributed by atoms with Gasteiger partial charge in [0.25, 0.3) is 0 Å². The summed E-state index contributed by atoms with van der Waals surface area (Å²) in [5.74, 6) is 0.536. The van der Waals surface area contributed by atoms with Crippen molar-refractivity contribution in [1.82, 2.24) is 0 Å². The molecule has 0 saturated heterocycles. The summed E-state index contributed by atoms with van der Waals surface area (Å²) in [5, 5.41) is 0.104. The summed E-state index contributed by atoms with van der Waals surface area (Å²) in [4.78, 5) is 0. The molecule has 0 fully saturated rings.